The topological polar surface area (TPSA) is 9.23 Å². The van der Waals surface area contributed by atoms with E-state index in [1.807, 2.05) is 6.07 Å². The van der Waals surface area contributed by atoms with Crippen molar-refractivity contribution in [3.8, 4) is 0 Å². The fourth-order valence-electron chi connectivity index (χ4n) is 2.73. The van der Waals surface area contributed by atoms with Crippen molar-refractivity contribution in [3.05, 3.63) is 42.0 Å². The van der Waals surface area contributed by atoms with E-state index < -0.39 is 0 Å². The SMILES string of the molecule is C[C@H]1[C@@H](C)[C@@H](CI)O[C@@H](/C=C/c2ccccc2)[C@H]1C. The second-order valence-corrected chi connectivity index (χ2v) is 6.52. The molecule has 0 aromatic heterocycles. The molecular formula is C17H23IO. The number of ether oxygens (including phenoxy) is 1. The number of alkyl halides is 1. The molecular weight excluding hydrogens is 347 g/mol. The summed E-state index contributed by atoms with van der Waals surface area (Å²) in [4.78, 5) is 0. The van der Waals surface area contributed by atoms with E-state index in [4.69, 9.17) is 4.74 Å². The van der Waals surface area contributed by atoms with Crippen LogP contribution in [0.3, 0.4) is 0 Å². The molecule has 1 fully saturated rings. The Kier molecular flexibility index (Phi) is 5.46. The molecule has 2 heteroatoms. The van der Waals surface area contributed by atoms with Crippen molar-refractivity contribution >= 4 is 28.7 Å². The van der Waals surface area contributed by atoms with Gasteiger partial charge in [-0.1, -0.05) is 85.8 Å². The highest BCUT2D eigenvalue weighted by molar-refractivity contribution is 14.1. The quantitative estimate of drug-likeness (QED) is 0.548. The number of rotatable bonds is 3. The van der Waals surface area contributed by atoms with Gasteiger partial charge in [-0.25, -0.2) is 0 Å². The maximum atomic E-state index is 6.26. The number of benzene rings is 1. The lowest BCUT2D eigenvalue weighted by atomic mass is 9.76. The number of hydrogen-bond donors (Lipinski definition) is 0. The van der Waals surface area contributed by atoms with Crippen molar-refractivity contribution in [2.24, 2.45) is 17.8 Å². The number of halogens is 1. The van der Waals surface area contributed by atoms with Crippen LogP contribution < -0.4 is 0 Å². The first kappa shape index (κ1) is 15.0. The van der Waals surface area contributed by atoms with Crippen molar-refractivity contribution in [2.45, 2.75) is 33.0 Å². The highest BCUT2D eigenvalue weighted by atomic mass is 127. The maximum Gasteiger partial charge on any atom is 0.0791 e. The molecule has 1 aliphatic heterocycles. The fourth-order valence-corrected chi connectivity index (χ4v) is 3.74. The molecule has 104 valence electrons. The van der Waals surface area contributed by atoms with Crippen LogP contribution in [-0.2, 0) is 4.74 Å². The van der Waals surface area contributed by atoms with Gasteiger partial charge in [0.2, 0.25) is 0 Å². The van der Waals surface area contributed by atoms with E-state index in [2.05, 4.69) is 79.8 Å². The lowest BCUT2D eigenvalue weighted by Gasteiger charge is -2.42. The Bertz CT molecular complexity index is 413. The largest absolute Gasteiger partial charge is 0.370 e. The van der Waals surface area contributed by atoms with Gasteiger partial charge in [0.25, 0.3) is 0 Å². The summed E-state index contributed by atoms with van der Waals surface area (Å²) in [7, 11) is 0. The Hall–Kier alpha value is -0.350. The van der Waals surface area contributed by atoms with Crippen molar-refractivity contribution in [1.29, 1.82) is 0 Å². The molecule has 0 saturated carbocycles. The summed E-state index contributed by atoms with van der Waals surface area (Å²) >= 11 is 2.44. The molecule has 1 heterocycles. The minimum absolute atomic E-state index is 0.242. The summed E-state index contributed by atoms with van der Waals surface area (Å²) in [5.74, 6) is 1.93. The monoisotopic (exact) mass is 370 g/mol. The molecule has 1 aromatic carbocycles. The van der Waals surface area contributed by atoms with Gasteiger partial charge in [0.15, 0.2) is 0 Å². The Morgan fingerprint density at radius 1 is 1.05 bits per heavy atom. The molecule has 5 atom stereocenters. The van der Waals surface area contributed by atoms with Crippen molar-refractivity contribution in [2.75, 3.05) is 4.43 Å². The third-order valence-corrected chi connectivity index (χ3v) is 5.39. The third-order valence-electron chi connectivity index (χ3n) is 4.53. The lowest BCUT2D eigenvalue weighted by molar-refractivity contribution is -0.0992. The van der Waals surface area contributed by atoms with E-state index in [1.54, 1.807) is 0 Å². The first-order valence-electron chi connectivity index (χ1n) is 7.08. The van der Waals surface area contributed by atoms with Crippen LogP contribution in [0.15, 0.2) is 36.4 Å². The molecule has 0 unspecified atom stereocenters. The van der Waals surface area contributed by atoms with Gasteiger partial charge in [-0.3, -0.25) is 0 Å². The van der Waals surface area contributed by atoms with E-state index in [9.17, 15) is 0 Å². The van der Waals surface area contributed by atoms with Gasteiger partial charge in [0.05, 0.1) is 12.2 Å². The zero-order valence-electron chi connectivity index (χ0n) is 11.9. The zero-order valence-corrected chi connectivity index (χ0v) is 14.1. The van der Waals surface area contributed by atoms with Crippen LogP contribution in [0.5, 0.6) is 0 Å². The standard InChI is InChI=1S/C17H23IO/c1-12-13(2)16(19-17(11-18)14(12)3)10-9-15-7-5-4-6-8-15/h4-10,12-14,16-17H,11H2,1-3H3/b10-9+/t12-,13+,14-,16+,17-/m1/s1. The molecule has 2 rings (SSSR count). The Morgan fingerprint density at radius 3 is 2.37 bits per heavy atom. The molecule has 1 nitrogen and oxygen atoms in total. The predicted octanol–water partition coefficient (Wildman–Crippen LogP) is 4.81. The average molecular weight is 370 g/mol. The van der Waals surface area contributed by atoms with E-state index in [1.165, 1.54) is 5.56 Å². The van der Waals surface area contributed by atoms with E-state index in [0.29, 0.717) is 23.9 Å². The number of hydrogen-bond acceptors (Lipinski definition) is 1. The average Bonchev–Trinajstić information content (AvgIpc) is 2.45. The summed E-state index contributed by atoms with van der Waals surface area (Å²) in [6.07, 6.45) is 5.05. The van der Waals surface area contributed by atoms with Gasteiger partial charge < -0.3 is 4.74 Å². The Labute approximate surface area is 130 Å². The third kappa shape index (κ3) is 3.60. The molecule has 0 bridgehead atoms. The van der Waals surface area contributed by atoms with Gasteiger partial charge >= 0.3 is 0 Å². The van der Waals surface area contributed by atoms with Crippen LogP contribution in [0, 0.1) is 17.8 Å². The van der Waals surface area contributed by atoms with Crippen LogP contribution in [0.25, 0.3) is 6.08 Å². The maximum absolute atomic E-state index is 6.26. The summed E-state index contributed by atoms with van der Waals surface area (Å²) in [5.41, 5.74) is 1.25. The molecule has 0 aliphatic carbocycles. The Balaban J connectivity index is 2.09. The first-order valence-corrected chi connectivity index (χ1v) is 8.60. The predicted molar refractivity (Wildman–Crippen MR) is 90.5 cm³/mol. The minimum Gasteiger partial charge on any atom is -0.370 e. The molecule has 0 amide bonds. The molecule has 0 radical (unpaired) electrons. The van der Waals surface area contributed by atoms with E-state index >= 15 is 0 Å². The first-order chi connectivity index (χ1) is 9.13. The minimum atomic E-state index is 0.242. The van der Waals surface area contributed by atoms with Crippen molar-refractivity contribution < 1.29 is 4.74 Å². The van der Waals surface area contributed by atoms with Gasteiger partial charge in [0.1, 0.15) is 0 Å². The Morgan fingerprint density at radius 2 is 1.74 bits per heavy atom. The van der Waals surface area contributed by atoms with E-state index in [0.717, 1.165) is 4.43 Å². The second kappa shape index (κ2) is 6.89. The van der Waals surface area contributed by atoms with Gasteiger partial charge in [0, 0.05) is 4.43 Å². The summed E-state index contributed by atoms with van der Waals surface area (Å²) < 4.78 is 7.33. The fraction of sp³-hybridized carbons (Fsp3) is 0.529. The summed E-state index contributed by atoms with van der Waals surface area (Å²) in [6.45, 7) is 6.99. The smallest absolute Gasteiger partial charge is 0.0791 e. The van der Waals surface area contributed by atoms with Crippen molar-refractivity contribution in [3.63, 3.8) is 0 Å². The lowest BCUT2D eigenvalue weighted by Crippen LogP contribution is -2.44. The molecule has 1 saturated heterocycles. The van der Waals surface area contributed by atoms with Gasteiger partial charge in [-0.15, -0.1) is 0 Å². The van der Waals surface area contributed by atoms with Crippen LogP contribution >= 0.6 is 22.6 Å². The van der Waals surface area contributed by atoms with Crippen LogP contribution in [0.4, 0.5) is 0 Å². The molecule has 0 N–H and O–H groups in total. The normalized spacial score (nSPS) is 35.7. The van der Waals surface area contributed by atoms with Crippen LogP contribution in [0.1, 0.15) is 26.3 Å². The second-order valence-electron chi connectivity index (χ2n) is 5.64. The van der Waals surface area contributed by atoms with Crippen LogP contribution in [-0.4, -0.2) is 16.6 Å². The van der Waals surface area contributed by atoms with Gasteiger partial charge in [-0.2, -0.15) is 0 Å². The van der Waals surface area contributed by atoms with E-state index in [-0.39, 0.29) is 6.10 Å². The molecule has 19 heavy (non-hydrogen) atoms. The summed E-state index contributed by atoms with van der Waals surface area (Å²) in [6, 6.07) is 10.5. The molecule has 1 aromatic rings. The summed E-state index contributed by atoms with van der Waals surface area (Å²) in [5, 5.41) is 0. The zero-order chi connectivity index (χ0) is 13.8. The molecule has 1 aliphatic rings. The van der Waals surface area contributed by atoms with Gasteiger partial charge in [-0.05, 0) is 23.3 Å². The highest BCUT2D eigenvalue weighted by Gasteiger charge is 2.37. The molecule has 0 spiro atoms. The highest BCUT2D eigenvalue weighted by Crippen LogP contribution is 2.36. The van der Waals surface area contributed by atoms with Crippen molar-refractivity contribution in [1.82, 2.24) is 0 Å². The van der Waals surface area contributed by atoms with Crippen LogP contribution in [0.2, 0.25) is 0 Å².